The second-order valence-electron chi connectivity index (χ2n) is 2.41. The quantitative estimate of drug-likeness (QED) is 0.610. The summed E-state index contributed by atoms with van der Waals surface area (Å²) in [5.41, 5.74) is 0.243. The van der Waals surface area contributed by atoms with Gasteiger partial charge in [-0.15, -0.1) is 0 Å². The Labute approximate surface area is 68.7 Å². The van der Waals surface area contributed by atoms with E-state index < -0.39 is 24.3 Å². The van der Waals surface area contributed by atoms with Crippen LogP contribution in [0.4, 0.5) is 4.39 Å². The number of benzene rings is 1. The number of halogens is 1. The molecular weight excluding hydrogens is 163 g/mol. The maximum Gasteiger partial charge on any atom is 0.165 e. The lowest BCUT2D eigenvalue weighted by molar-refractivity contribution is 0.0953. The van der Waals surface area contributed by atoms with Crippen LogP contribution in [-0.2, 0) is 0 Å². The fourth-order valence-electron chi connectivity index (χ4n) is 0.836. The van der Waals surface area contributed by atoms with Crippen LogP contribution in [-0.4, -0.2) is 21.9 Å². The normalized spacial score (nSPS) is 12.9. The number of aliphatic hydroxyl groups excluding tert-OH is 2. The fourth-order valence-corrected chi connectivity index (χ4v) is 0.836. The smallest absolute Gasteiger partial charge is 0.165 e. The van der Waals surface area contributed by atoms with Gasteiger partial charge in [0.05, 0.1) is 6.61 Å². The molecule has 66 valence electrons. The zero-order valence-corrected chi connectivity index (χ0v) is 6.24. The predicted octanol–water partition coefficient (Wildman–Crippen LogP) is 0.557. The summed E-state index contributed by atoms with van der Waals surface area (Å²) in [6.07, 6.45) is -1.10. The van der Waals surface area contributed by atoms with E-state index >= 15 is 0 Å². The molecule has 0 spiro atoms. The number of hydrogen-bond acceptors (Lipinski definition) is 3. The molecule has 1 aromatic rings. The molecule has 0 aromatic heterocycles. The van der Waals surface area contributed by atoms with Crippen molar-refractivity contribution >= 4 is 0 Å². The molecule has 0 fully saturated rings. The molecule has 12 heavy (non-hydrogen) atoms. The van der Waals surface area contributed by atoms with E-state index in [1.165, 1.54) is 6.07 Å². The van der Waals surface area contributed by atoms with Crippen LogP contribution in [0.3, 0.4) is 0 Å². The van der Waals surface area contributed by atoms with Gasteiger partial charge in [0.2, 0.25) is 0 Å². The summed E-state index contributed by atoms with van der Waals surface area (Å²) in [5, 5.41) is 26.3. The summed E-state index contributed by atoms with van der Waals surface area (Å²) in [5.74, 6) is -1.27. The highest BCUT2D eigenvalue weighted by Gasteiger charge is 2.08. The number of phenolic OH excluding ortho intramolecular Hbond substituents is 1. The molecule has 1 unspecified atom stereocenters. The average molecular weight is 172 g/mol. The van der Waals surface area contributed by atoms with Gasteiger partial charge in [0.15, 0.2) is 11.6 Å². The summed E-state index contributed by atoms with van der Waals surface area (Å²) >= 11 is 0. The third-order valence-corrected chi connectivity index (χ3v) is 1.53. The van der Waals surface area contributed by atoms with Gasteiger partial charge in [0.25, 0.3) is 0 Å². The van der Waals surface area contributed by atoms with Crippen molar-refractivity contribution in [2.75, 3.05) is 6.61 Å². The van der Waals surface area contributed by atoms with Crippen LogP contribution < -0.4 is 0 Å². The lowest BCUT2D eigenvalue weighted by Crippen LogP contribution is -2.02. The fraction of sp³-hybridized carbons (Fsp3) is 0.250. The monoisotopic (exact) mass is 172 g/mol. The van der Waals surface area contributed by atoms with Gasteiger partial charge < -0.3 is 15.3 Å². The van der Waals surface area contributed by atoms with Gasteiger partial charge in [0.1, 0.15) is 6.10 Å². The first-order valence-corrected chi connectivity index (χ1v) is 3.42. The molecule has 0 saturated heterocycles. The number of aliphatic hydroxyl groups is 2. The molecule has 0 saturated carbocycles. The molecule has 0 bridgehead atoms. The Bertz CT molecular complexity index is 275. The maximum atomic E-state index is 12.6. The van der Waals surface area contributed by atoms with E-state index in [9.17, 15) is 4.39 Å². The van der Waals surface area contributed by atoms with Gasteiger partial charge in [-0.3, -0.25) is 0 Å². The molecule has 3 nitrogen and oxygen atoms in total. The third-order valence-electron chi connectivity index (χ3n) is 1.53. The summed E-state index contributed by atoms with van der Waals surface area (Å²) < 4.78 is 12.6. The van der Waals surface area contributed by atoms with Crippen LogP contribution >= 0.6 is 0 Å². The van der Waals surface area contributed by atoms with Crippen molar-refractivity contribution in [3.63, 3.8) is 0 Å². The number of hydrogen-bond donors (Lipinski definition) is 3. The van der Waals surface area contributed by atoms with Crippen molar-refractivity contribution in [3.05, 3.63) is 29.6 Å². The second kappa shape index (κ2) is 3.51. The van der Waals surface area contributed by atoms with E-state index in [4.69, 9.17) is 15.3 Å². The van der Waals surface area contributed by atoms with Gasteiger partial charge >= 0.3 is 0 Å². The molecule has 0 aliphatic heterocycles. The molecular formula is C8H9FO3. The lowest BCUT2D eigenvalue weighted by Gasteiger charge is -2.07. The van der Waals surface area contributed by atoms with Crippen molar-refractivity contribution in [1.82, 2.24) is 0 Å². The van der Waals surface area contributed by atoms with Crippen molar-refractivity contribution in [2.24, 2.45) is 0 Å². The molecule has 0 aliphatic rings. The number of phenols is 1. The molecule has 1 rings (SSSR count). The van der Waals surface area contributed by atoms with Crippen molar-refractivity contribution in [2.45, 2.75) is 6.10 Å². The minimum atomic E-state index is -1.10. The summed E-state index contributed by atoms with van der Waals surface area (Å²) in [7, 11) is 0. The van der Waals surface area contributed by atoms with Crippen LogP contribution in [0.15, 0.2) is 18.2 Å². The molecule has 0 radical (unpaired) electrons. The van der Waals surface area contributed by atoms with E-state index in [1.807, 2.05) is 0 Å². The van der Waals surface area contributed by atoms with Crippen LogP contribution in [0, 0.1) is 5.82 Å². The highest BCUT2D eigenvalue weighted by Crippen LogP contribution is 2.20. The van der Waals surface area contributed by atoms with E-state index in [-0.39, 0.29) is 5.56 Å². The van der Waals surface area contributed by atoms with E-state index in [0.29, 0.717) is 0 Å². The van der Waals surface area contributed by atoms with Gasteiger partial charge in [-0.2, -0.15) is 0 Å². The molecule has 3 N–H and O–H groups in total. The molecule has 4 heteroatoms. The van der Waals surface area contributed by atoms with Gasteiger partial charge in [-0.05, 0) is 17.7 Å². The Morgan fingerprint density at radius 1 is 1.42 bits per heavy atom. The Morgan fingerprint density at radius 3 is 2.58 bits per heavy atom. The van der Waals surface area contributed by atoms with E-state index in [2.05, 4.69) is 0 Å². The third kappa shape index (κ3) is 1.72. The molecule has 1 aromatic carbocycles. The van der Waals surface area contributed by atoms with E-state index in [1.54, 1.807) is 0 Å². The van der Waals surface area contributed by atoms with Gasteiger partial charge in [0, 0.05) is 0 Å². The topological polar surface area (TPSA) is 60.7 Å². The maximum absolute atomic E-state index is 12.6. The van der Waals surface area contributed by atoms with Crippen LogP contribution in [0.5, 0.6) is 5.75 Å². The average Bonchev–Trinajstić information content (AvgIpc) is 2.08. The zero-order valence-electron chi connectivity index (χ0n) is 6.24. The van der Waals surface area contributed by atoms with Crippen LogP contribution in [0.1, 0.15) is 11.7 Å². The van der Waals surface area contributed by atoms with Crippen LogP contribution in [0.2, 0.25) is 0 Å². The molecule has 0 amide bonds. The Morgan fingerprint density at radius 2 is 2.08 bits per heavy atom. The first kappa shape index (κ1) is 8.96. The summed E-state index contributed by atoms with van der Waals surface area (Å²) in [6.45, 7) is -0.468. The number of aromatic hydroxyl groups is 1. The standard InChI is InChI=1S/C8H9FO3/c9-6-3-5(8(12)4-10)1-2-7(6)11/h1-3,8,10-12H,4H2. The minimum Gasteiger partial charge on any atom is -0.505 e. The zero-order chi connectivity index (χ0) is 9.14. The minimum absolute atomic E-state index is 0.243. The lowest BCUT2D eigenvalue weighted by atomic mass is 10.1. The first-order chi connectivity index (χ1) is 5.65. The van der Waals surface area contributed by atoms with Gasteiger partial charge in [-0.1, -0.05) is 6.07 Å². The van der Waals surface area contributed by atoms with Gasteiger partial charge in [-0.25, -0.2) is 4.39 Å². The summed E-state index contributed by atoms with van der Waals surface area (Å²) in [4.78, 5) is 0. The predicted molar refractivity (Wildman–Crippen MR) is 40.1 cm³/mol. The molecule has 0 heterocycles. The Hall–Kier alpha value is -1.13. The first-order valence-electron chi connectivity index (χ1n) is 3.42. The second-order valence-corrected chi connectivity index (χ2v) is 2.41. The Balaban J connectivity index is 2.96. The van der Waals surface area contributed by atoms with Crippen molar-refractivity contribution in [3.8, 4) is 5.75 Å². The molecule has 1 atom stereocenters. The number of rotatable bonds is 2. The van der Waals surface area contributed by atoms with E-state index in [0.717, 1.165) is 12.1 Å². The van der Waals surface area contributed by atoms with Crippen molar-refractivity contribution in [1.29, 1.82) is 0 Å². The highest BCUT2D eigenvalue weighted by molar-refractivity contribution is 5.29. The Kier molecular flexibility index (Phi) is 2.62. The van der Waals surface area contributed by atoms with Crippen molar-refractivity contribution < 1.29 is 19.7 Å². The molecule has 0 aliphatic carbocycles. The summed E-state index contributed by atoms with van der Waals surface area (Å²) in [6, 6.07) is 3.46. The largest absolute Gasteiger partial charge is 0.505 e. The highest BCUT2D eigenvalue weighted by atomic mass is 19.1. The SMILES string of the molecule is OCC(O)c1ccc(O)c(F)c1. The van der Waals surface area contributed by atoms with Crippen LogP contribution in [0.25, 0.3) is 0 Å².